The standard InChI is InChI=1S/C12H14N2O2/c1-3-5-6-10(4-2)7-8-11-13-14-12(9-15)16-11/h3-6,9H,2,7-8H2,1H3/b5-3-,10-6+. The number of hydrogen-bond donors (Lipinski definition) is 0. The topological polar surface area (TPSA) is 56.0 Å². The van der Waals surface area contributed by atoms with Crippen LogP contribution in [0.2, 0.25) is 0 Å². The Morgan fingerprint density at radius 2 is 2.31 bits per heavy atom. The lowest BCUT2D eigenvalue weighted by Crippen LogP contribution is -1.87. The van der Waals surface area contributed by atoms with E-state index < -0.39 is 0 Å². The van der Waals surface area contributed by atoms with E-state index in [-0.39, 0.29) is 5.89 Å². The number of aromatic nitrogens is 2. The van der Waals surface area contributed by atoms with Crippen LogP contribution in [-0.2, 0) is 6.42 Å². The molecule has 4 nitrogen and oxygen atoms in total. The predicted molar refractivity (Wildman–Crippen MR) is 61.1 cm³/mol. The van der Waals surface area contributed by atoms with Gasteiger partial charge in [0.05, 0.1) is 0 Å². The van der Waals surface area contributed by atoms with Crippen molar-refractivity contribution in [3.63, 3.8) is 0 Å². The van der Waals surface area contributed by atoms with Crippen LogP contribution < -0.4 is 0 Å². The third-order valence-corrected chi connectivity index (χ3v) is 1.98. The predicted octanol–water partition coefficient (Wildman–Crippen LogP) is 2.50. The Labute approximate surface area is 94.4 Å². The van der Waals surface area contributed by atoms with Gasteiger partial charge in [-0.25, -0.2) is 0 Å². The zero-order valence-electron chi connectivity index (χ0n) is 9.22. The second kappa shape index (κ2) is 6.50. The van der Waals surface area contributed by atoms with Crippen molar-refractivity contribution in [2.45, 2.75) is 19.8 Å². The molecular weight excluding hydrogens is 204 g/mol. The fraction of sp³-hybridized carbons (Fsp3) is 0.250. The van der Waals surface area contributed by atoms with Crippen molar-refractivity contribution in [2.24, 2.45) is 0 Å². The summed E-state index contributed by atoms with van der Waals surface area (Å²) in [4.78, 5) is 10.3. The molecule has 0 saturated carbocycles. The van der Waals surface area contributed by atoms with Crippen molar-refractivity contribution in [3.8, 4) is 0 Å². The molecular formula is C12H14N2O2. The summed E-state index contributed by atoms with van der Waals surface area (Å²) in [6.45, 7) is 5.67. The van der Waals surface area contributed by atoms with Crippen LogP contribution in [0.25, 0.3) is 0 Å². The van der Waals surface area contributed by atoms with E-state index in [1.54, 1.807) is 6.08 Å². The highest BCUT2D eigenvalue weighted by atomic mass is 16.4. The number of aryl methyl sites for hydroxylation is 1. The molecule has 1 rings (SSSR count). The average Bonchev–Trinajstić information content (AvgIpc) is 2.77. The summed E-state index contributed by atoms with van der Waals surface area (Å²) >= 11 is 0. The molecule has 0 aliphatic rings. The van der Waals surface area contributed by atoms with Gasteiger partial charge in [0.2, 0.25) is 12.2 Å². The van der Waals surface area contributed by atoms with Crippen LogP contribution in [0.3, 0.4) is 0 Å². The molecule has 0 aliphatic carbocycles. The van der Waals surface area contributed by atoms with E-state index in [4.69, 9.17) is 4.42 Å². The fourth-order valence-corrected chi connectivity index (χ4v) is 1.14. The van der Waals surface area contributed by atoms with Gasteiger partial charge in [-0.15, -0.1) is 10.2 Å². The first-order chi connectivity index (χ1) is 7.80. The fourth-order valence-electron chi connectivity index (χ4n) is 1.14. The Morgan fingerprint density at radius 3 is 2.88 bits per heavy atom. The maximum atomic E-state index is 10.3. The molecule has 0 spiro atoms. The van der Waals surface area contributed by atoms with E-state index in [2.05, 4.69) is 16.8 Å². The van der Waals surface area contributed by atoms with Crippen LogP contribution in [0.1, 0.15) is 29.9 Å². The van der Waals surface area contributed by atoms with E-state index in [0.717, 1.165) is 12.0 Å². The lowest BCUT2D eigenvalue weighted by atomic mass is 10.1. The highest BCUT2D eigenvalue weighted by molar-refractivity contribution is 5.66. The number of aldehydes is 1. The highest BCUT2D eigenvalue weighted by Crippen LogP contribution is 2.09. The lowest BCUT2D eigenvalue weighted by Gasteiger charge is -1.96. The monoisotopic (exact) mass is 218 g/mol. The van der Waals surface area contributed by atoms with Gasteiger partial charge >= 0.3 is 0 Å². The van der Waals surface area contributed by atoms with Crippen LogP contribution >= 0.6 is 0 Å². The van der Waals surface area contributed by atoms with Gasteiger partial charge in [-0.3, -0.25) is 4.79 Å². The summed E-state index contributed by atoms with van der Waals surface area (Å²) in [5.74, 6) is 0.489. The second-order valence-corrected chi connectivity index (χ2v) is 3.12. The van der Waals surface area contributed by atoms with Crippen molar-refractivity contribution in [3.05, 3.63) is 48.2 Å². The smallest absolute Gasteiger partial charge is 0.280 e. The van der Waals surface area contributed by atoms with Gasteiger partial charge in [0.1, 0.15) is 0 Å². The summed E-state index contributed by atoms with van der Waals surface area (Å²) in [5, 5.41) is 7.30. The van der Waals surface area contributed by atoms with Crippen LogP contribution in [0.4, 0.5) is 0 Å². The number of nitrogens with zero attached hydrogens (tertiary/aromatic N) is 2. The van der Waals surface area contributed by atoms with Gasteiger partial charge < -0.3 is 4.42 Å². The molecule has 0 saturated heterocycles. The second-order valence-electron chi connectivity index (χ2n) is 3.12. The van der Waals surface area contributed by atoms with Gasteiger partial charge in [0.15, 0.2) is 0 Å². The molecule has 0 atom stereocenters. The third kappa shape index (κ3) is 3.65. The first-order valence-electron chi connectivity index (χ1n) is 5.02. The first kappa shape index (κ1) is 12.1. The molecule has 1 aromatic heterocycles. The van der Waals surface area contributed by atoms with E-state index in [1.807, 2.05) is 25.2 Å². The third-order valence-electron chi connectivity index (χ3n) is 1.98. The normalized spacial score (nSPS) is 11.9. The Morgan fingerprint density at radius 1 is 1.50 bits per heavy atom. The molecule has 0 bridgehead atoms. The van der Waals surface area contributed by atoms with E-state index in [0.29, 0.717) is 18.6 Å². The van der Waals surface area contributed by atoms with Crippen molar-refractivity contribution in [2.75, 3.05) is 0 Å². The molecule has 0 radical (unpaired) electrons. The summed E-state index contributed by atoms with van der Waals surface area (Å²) in [6.07, 6.45) is 9.56. The Hall–Kier alpha value is -1.97. The SMILES string of the molecule is C=C/C(=C\C=C/C)CCc1nnc(C=O)o1. The van der Waals surface area contributed by atoms with Gasteiger partial charge in [-0.05, 0) is 18.9 Å². The number of hydrogen-bond acceptors (Lipinski definition) is 4. The molecule has 84 valence electrons. The number of carbonyl (C=O) groups excluding carboxylic acids is 1. The van der Waals surface area contributed by atoms with Gasteiger partial charge in [-0.2, -0.15) is 0 Å². The van der Waals surface area contributed by atoms with E-state index in [9.17, 15) is 4.79 Å². The number of rotatable bonds is 6. The molecule has 1 heterocycles. The minimum atomic E-state index is 0.0209. The number of carbonyl (C=O) groups is 1. The molecule has 0 unspecified atom stereocenters. The molecule has 1 aromatic rings. The van der Waals surface area contributed by atoms with Crippen molar-refractivity contribution < 1.29 is 9.21 Å². The molecule has 0 fully saturated rings. The summed E-state index contributed by atoms with van der Waals surface area (Å²) in [7, 11) is 0. The molecule has 16 heavy (non-hydrogen) atoms. The van der Waals surface area contributed by atoms with Gasteiger partial charge in [0.25, 0.3) is 5.89 Å². The quantitative estimate of drug-likeness (QED) is 0.543. The van der Waals surface area contributed by atoms with Crippen LogP contribution in [0.15, 0.2) is 40.9 Å². The minimum Gasteiger partial charge on any atom is -0.419 e. The first-order valence-corrected chi connectivity index (χ1v) is 5.02. The molecule has 0 N–H and O–H groups in total. The highest BCUT2D eigenvalue weighted by Gasteiger charge is 2.04. The van der Waals surface area contributed by atoms with Crippen molar-refractivity contribution >= 4 is 6.29 Å². The van der Waals surface area contributed by atoms with E-state index in [1.165, 1.54) is 0 Å². The molecule has 0 amide bonds. The summed E-state index contributed by atoms with van der Waals surface area (Å²) in [5.41, 5.74) is 1.09. The van der Waals surface area contributed by atoms with E-state index >= 15 is 0 Å². The number of allylic oxidation sites excluding steroid dienone is 5. The van der Waals surface area contributed by atoms with Crippen LogP contribution in [-0.4, -0.2) is 16.5 Å². The zero-order valence-corrected chi connectivity index (χ0v) is 9.22. The van der Waals surface area contributed by atoms with Crippen LogP contribution in [0.5, 0.6) is 0 Å². The van der Waals surface area contributed by atoms with Crippen LogP contribution in [0, 0.1) is 0 Å². The summed E-state index contributed by atoms with van der Waals surface area (Å²) in [6, 6.07) is 0. The molecule has 0 aliphatic heterocycles. The van der Waals surface area contributed by atoms with Crippen molar-refractivity contribution in [1.82, 2.24) is 10.2 Å². The average molecular weight is 218 g/mol. The lowest BCUT2D eigenvalue weighted by molar-refractivity contribution is 0.109. The zero-order chi connectivity index (χ0) is 11.8. The summed E-state index contributed by atoms with van der Waals surface area (Å²) < 4.78 is 5.06. The Balaban J connectivity index is 2.55. The molecule has 0 aromatic carbocycles. The largest absolute Gasteiger partial charge is 0.419 e. The maximum Gasteiger partial charge on any atom is 0.280 e. The molecule has 4 heteroatoms. The maximum absolute atomic E-state index is 10.3. The van der Waals surface area contributed by atoms with Gasteiger partial charge in [0, 0.05) is 6.42 Å². The van der Waals surface area contributed by atoms with Crippen molar-refractivity contribution in [1.29, 1.82) is 0 Å². The minimum absolute atomic E-state index is 0.0209. The van der Waals surface area contributed by atoms with Gasteiger partial charge in [-0.1, -0.05) is 30.9 Å². The Kier molecular flexibility index (Phi) is 4.92. The Bertz CT molecular complexity index is 416.